The Hall–Kier alpha value is -3.03. The molecule has 0 saturated heterocycles. The fourth-order valence-corrected chi connectivity index (χ4v) is 6.13. The van der Waals surface area contributed by atoms with Gasteiger partial charge in [0, 0.05) is 68.0 Å². The monoisotopic (exact) mass is 994 g/mol. The normalized spacial score (nSPS) is 14.1. The largest absolute Gasteiger partial charge is 0.667 e. The molecule has 4 rings (SSSR count). The van der Waals surface area contributed by atoms with Crippen molar-refractivity contribution in [3.8, 4) is 0 Å². The van der Waals surface area contributed by atoms with Gasteiger partial charge in [-0.05, 0) is 33.9 Å². The standard InChI is InChI=1S/C33H33F4N4O9P2.Ac/c34-32(35,51(45,46)47)24-11-6-19(7-12-24)17-27(29(39)42)40-31(44)28(18-20-8-13-25(14-9-20)33(36,37)52(48,49)50)41-30(43)26(38)16-21-5-10-22-3-1-2-4-23(22)15-21;/h1-15,26-28,38H,16-18H2,(H2,39,42)(H,40,44)(H,41,43)(H2,45,46,47)(H2,48,49,50);/q-1;. The first-order valence-corrected chi connectivity index (χ1v) is 18.5. The average molecular weight is 995 g/mol. The zero-order valence-corrected chi connectivity index (χ0v) is 33.9. The second-order valence-corrected chi connectivity index (χ2v) is 15.2. The van der Waals surface area contributed by atoms with Gasteiger partial charge in [-0.2, -0.15) is 17.6 Å². The molecule has 0 saturated carbocycles. The molecule has 13 nitrogen and oxygen atoms in total. The van der Waals surface area contributed by atoms with E-state index in [1.165, 1.54) is 0 Å². The van der Waals surface area contributed by atoms with Crippen LogP contribution in [0.5, 0.6) is 0 Å². The van der Waals surface area contributed by atoms with Gasteiger partial charge in [0.05, 0.1) is 0 Å². The van der Waals surface area contributed by atoms with Crippen LogP contribution < -0.4 is 16.4 Å². The molecule has 0 aliphatic carbocycles. The second kappa shape index (κ2) is 17.6. The molecule has 0 aliphatic heterocycles. The van der Waals surface area contributed by atoms with Crippen molar-refractivity contribution in [2.45, 2.75) is 48.7 Å². The number of hydrogen-bond donors (Lipinski definition) is 7. The minimum Gasteiger partial charge on any atom is -0.667 e. The summed E-state index contributed by atoms with van der Waals surface area (Å²) >= 11 is 0. The summed E-state index contributed by atoms with van der Waals surface area (Å²) in [5.74, 6) is -3.04. The van der Waals surface area contributed by atoms with Crippen molar-refractivity contribution < 1.29 is 105 Å². The fraction of sp³-hybridized carbons (Fsp3) is 0.242. The third kappa shape index (κ3) is 11.0. The van der Waals surface area contributed by atoms with E-state index < -0.39 is 86.3 Å². The Bertz CT molecular complexity index is 2050. The molecule has 9 N–H and O–H groups in total. The number of nitrogens with one attached hydrogen (secondary N) is 3. The van der Waals surface area contributed by atoms with E-state index in [0.717, 1.165) is 59.3 Å². The topological polar surface area (TPSA) is 240 Å². The van der Waals surface area contributed by atoms with Crippen LogP contribution in [-0.4, -0.2) is 55.4 Å². The summed E-state index contributed by atoms with van der Waals surface area (Å²) in [4.78, 5) is 75.2. The Labute approximate surface area is 335 Å². The minimum atomic E-state index is -5.89. The first-order valence-electron chi connectivity index (χ1n) is 15.2. The molecule has 0 bridgehead atoms. The molecule has 3 atom stereocenters. The first-order chi connectivity index (χ1) is 24.1. The Morgan fingerprint density at radius 1 is 0.642 bits per heavy atom. The van der Waals surface area contributed by atoms with Crippen molar-refractivity contribution in [2.75, 3.05) is 0 Å². The van der Waals surface area contributed by atoms with E-state index in [1.807, 2.05) is 30.3 Å². The third-order valence-corrected chi connectivity index (χ3v) is 10.1. The van der Waals surface area contributed by atoms with Gasteiger partial charge in [0.1, 0.15) is 12.1 Å². The molecule has 4 aromatic carbocycles. The van der Waals surface area contributed by atoms with Gasteiger partial charge in [0.2, 0.25) is 17.7 Å². The molecule has 4 aromatic rings. The number of alkyl halides is 4. The van der Waals surface area contributed by atoms with Crippen molar-refractivity contribution in [1.29, 1.82) is 0 Å². The van der Waals surface area contributed by atoms with Gasteiger partial charge in [-0.3, -0.25) is 23.5 Å². The summed E-state index contributed by atoms with van der Waals surface area (Å²) in [5.41, 5.74) is 3.81. The van der Waals surface area contributed by atoms with E-state index in [9.17, 15) is 41.1 Å². The van der Waals surface area contributed by atoms with Crippen molar-refractivity contribution in [3.63, 3.8) is 0 Å². The van der Waals surface area contributed by atoms with Gasteiger partial charge >= 0.3 is 26.5 Å². The van der Waals surface area contributed by atoms with Gasteiger partial charge in [-0.15, -0.1) is 0 Å². The Morgan fingerprint density at radius 2 is 1.06 bits per heavy atom. The minimum absolute atomic E-state index is 0. The molecule has 3 unspecified atom stereocenters. The molecule has 3 amide bonds. The number of carbonyl (C=O) groups is 3. The second-order valence-electron chi connectivity index (χ2n) is 11.9. The fourth-order valence-electron chi connectivity index (χ4n) is 5.16. The third-order valence-electron chi connectivity index (χ3n) is 8.08. The van der Waals surface area contributed by atoms with Crippen LogP contribution in [0, 0.1) is 44.1 Å². The molecule has 1 radical (unpaired) electrons. The smallest absolute Gasteiger partial charge is 0.399 e. The van der Waals surface area contributed by atoms with E-state index >= 15 is 0 Å². The number of amides is 3. The predicted molar refractivity (Wildman–Crippen MR) is 181 cm³/mol. The van der Waals surface area contributed by atoms with Crippen molar-refractivity contribution >= 4 is 43.7 Å². The Morgan fingerprint density at radius 3 is 1.51 bits per heavy atom. The first kappa shape index (κ1) is 44.4. The number of carbonyl (C=O) groups excluding carboxylic acids is 3. The molecular formula is C33H33AcF4N4O9P2-. The number of fused-ring (bicyclic) bond motifs is 1. The van der Waals surface area contributed by atoms with Crippen LogP contribution in [0.4, 0.5) is 17.6 Å². The van der Waals surface area contributed by atoms with E-state index in [1.54, 1.807) is 12.1 Å². The van der Waals surface area contributed by atoms with Crippen molar-refractivity contribution in [1.82, 2.24) is 10.6 Å². The maximum Gasteiger partial charge on any atom is 0.399 e. The number of primary amides is 1. The van der Waals surface area contributed by atoms with Crippen LogP contribution in [0.25, 0.3) is 16.5 Å². The van der Waals surface area contributed by atoms with E-state index in [4.69, 9.17) is 31.0 Å². The molecule has 0 heterocycles. The number of benzene rings is 4. The van der Waals surface area contributed by atoms with Crippen LogP contribution in [0.3, 0.4) is 0 Å². The molecule has 0 aliphatic rings. The summed E-state index contributed by atoms with van der Waals surface area (Å²) in [6, 6.07) is 15.3. The van der Waals surface area contributed by atoms with Crippen LogP contribution in [-0.2, 0) is 54.1 Å². The van der Waals surface area contributed by atoms with E-state index in [-0.39, 0.29) is 61.6 Å². The zero-order valence-electron chi connectivity index (χ0n) is 27.4. The van der Waals surface area contributed by atoms with E-state index in [0.29, 0.717) is 5.56 Å². The maximum absolute atomic E-state index is 14.2. The zero-order chi connectivity index (χ0) is 38.6. The molecule has 53 heavy (non-hydrogen) atoms. The van der Waals surface area contributed by atoms with Crippen molar-refractivity contribution in [2.24, 2.45) is 5.73 Å². The summed E-state index contributed by atoms with van der Waals surface area (Å²) < 4.78 is 79.1. The maximum atomic E-state index is 14.2. The number of halogens is 4. The molecule has 281 valence electrons. The quantitative estimate of drug-likeness (QED) is 0.0667. The SMILES string of the molecule is [Ac].[NH-]C(Cc1ccc2ccccc2c1)C(=O)NC(Cc1ccc(C(F)(F)P(=O)(O)O)cc1)C(=O)NC(Cc1ccc(C(F)(F)P(=O)(O)O)cc1)C(N)=O. The molecule has 0 aromatic heterocycles. The summed E-state index contributed by atoms with van der Waals surface area (Å²) in [6.45, 7) is 0. The Kier molecular flexibility index (Phi) is 14.8. The van der Waals surface area contributed by atoms with Gasteiger partial charge in [0.15, 0.2) is 0 Å². The molecule has 20 heteroatoms. The molecular weight excluding hydrogens is 961 g/mol. The van der Waals surface area contributed by atoms with Gasteiger partial charge in [-0.25, -0.2) is 0 Å². The average Bonchev–Trinajstić information content (AvgIpc) is 3.07. The summed E-state index contributed by atoms with van der Waals surface area (Å²) in [7, 11) is -11.7. The predicted octanol–water partition coefficient (Wildman–Crippen LogP) is 4.20. The van der Waals surface area contributed by atoms with Crippen LogP contribution >= 0.6 is 15.2 Å². The van der Waals surface area contributed by atoms with Crippen LogP contribution in [0.2, 0.25) is 0 Å². The summed E-state index contributed by atoms with van der Waals surface area (Å²) in [6.07, 6.45) is -0.878. The van der Waals surface area contributed by atoms with Crippen LogP contribution in [0.15, 0.2) is 91.0 Å². The van der Waals surface area contributed by atoms with Gasteiger partial charge in [-0.1, -0.05) is 97.0 Å². The molecule has 0 fully saturated rings. The van der Waals surface area contributed by atoms with Crippen molar-refractivity contribution in [3.05, 3.63) is 125 Å². The van der Waals surface area contributed by atoms with Gasteiger partial charge in [0.25, 0.3) is 0 Å². The van der Waals surface area contributed by atoms with E-state index in [2.05, 4.69) is 10.6 Å². The number of hydrogen-bond acceptors (Lipinski definition) is 5. The van der Waals surface area contributed by atoms with Crippen LogP contribution in [0.1, 0.15) is 27.8 Å². The molecule has 0 spiro atoms. The summed E-state index contributed by atoms with van der Waals surface area (Å²) in [5, 5.41) is 6.55. The van der Waals surface area contributed by atoms with Gasteiger partial charge < -0.3 is 41.7 Å². The Balaban J connectivity index is 0.00000756. The number of nitrogens with two attached hydrogens (primary N) is 1. The number of rotatable bonds is 15.